The van der Waals surface area contributed by atoms with E-state index in [0.29, 0.717) is 24.7 Å². The van der Waals surface area contributed by atoms with Gasteiger partial charge in [0.1, 0.15) is 11.5 Å². The van der Waals surface area contributed by atoms with Gasteiger partial charge in [-0.25, -0.2) is 0 Å². The standard InChI is InChI=1S/C65H55O2SSi.C5H5.Fe/c1-7-43-66-64-49-62(65(67-44-8-2)48-61(64)39-32-56-23-21-54(22-24-56)20-19-53-17-15-52(16-18-53)14-13-51-11-9-10-12-51)40-33-57-27-25-55(26-28-57)31-37-60-38-34-59(47-50(60)3)30-29-58-35-41-63(42-36-58)68-45-46-69(4,5)6;1-2-4-5-3-1;/h9-12,15-18,21-28,34-36,38,41-42,47-49H,7-8,43-46H2,1-6H3;1-5H;/q;;+2. The van der Waals surface area contributed by atoms with Crippen LogP contribution >= 0.6 is 11.8 Å². The molecular formula is C70H60FeO2SSi+2. The second-order valence-corrected chi connectivity index (χ2v) is 25.4. The molecule has 6 aromatic rings. The zero-order valence-electron chi connectivity index (χ0n) is 43.6. The minimum Gasteiger partial charge on any atom is -0.492 e. The van der Waals surface area contributed by atoms with Crippen LogP contribution in [0.5, 0.6) is 11.5 Å². The van der Waals surface area contributed by atoms with Crippen molar-refractivity contribution in [2.45, 2.75) is 64.2 Å². The van der Waals surface area contributed by atoms with Gasteiger partial charge in [-0.05, 0) is 210 Å². The fourth-order valence-electron chi connectivity index (χ4n) is 6.95. The molecule has 2 fully saturated rings. The van der Waals surface area contributed by atoms with E-state index in [9.17, 15) is 0 Å². The summed E-state index contributed by atoms with van der Waals surface area (Å²) in [6, 6.07) is 44.0. The van der Waals surface area contributed by atoms with Crippen molar-refractivity contribution in [2.24, 2.45) is 0 Å². The first-order chi connectivity index (χ1) is 36.1. The molecule has 2 aliphatic rings. The van der Waals surface area contributed by atoms with Crippen LogP contribution in [0.4, 0.5) is 0 Å². The molecule has 368 valence electrons. The van der Waals surface area contributed by atoms with Gasteiger partial charge in [0, 0.05) is 75.2 Å². The molecule has 8 rings (SSSR count). The van der Waals surface area contributed by atoms with Crippen LogP contribution in [0.2, 0.25) is 25.7 Å². The van der Waals surface area contributed by atoms with Gasteiger partial charge < -0.3 is 9.47 Å². The molecule has 75 heavy (non-hydrogen) atoms. The summed E-state index contributed by atoms with van der Waals surface area (Å²) >= 11 is 1.94. The zero-order valence-corrected chi connectivity index (χ0v) is 46.6. The normalized spacial score (nSPS) is 12.3. The van der Waals surface area contributed by atoms with Gasteiger partial charge in [-0.3, -0.25) is 0 Å². The van der Waals surface area contributed by atoms with Gasteiger partial charge in [-0.1, -0.05) is 105 Å². The van der Waals surface area contributed by atoms with Gasteiger partial charge in [0.05, 0.1) is 30.3 Å². The molecule has 0 atom stereocenters. The largest absolute Gasteiger partial charge is 2.00 e. The number of rotatable bonds is 10. The molecule has 0 aromatic heterocycles. The van der Waals surface area contributed by atoms with Crippen molar-refractivity contribution in [1.29, 1.82) is 0 Å². The molecular weight excluding hydrogens is 989 g/mol. The van der Waals surface area contributed by atoms with Crippen molar-refractivity contribution in [3.63, 3.8) is 0 Å². The maximum atomic E-state index is 6.23. The Morgan fingerprint density at radius 2 is 0.747 bits per heavy atom. The van der Waals surface area contributed by atoms with Crippen molar-refractivity contribution in [2.75, 3.05) is 19.0 Å². The summed E-state index contributed by atoms with van der Waals surface area (Å²) in [5.74, 6) is 43.1. The van der Waals surface area contributed by atoms with Crippen LogP contribution in [-0.4, -0.2) is 27.0 Å². The van der Waals surface area contributed by atoms with E-state index in [1.54, 1.807) is 0 Å². The second-order valence-electron chi connectivity index (χ2n) is 18.6. The van der Waals surface area contributed by atoms with Crippen LogP contribution in [0.15, 0.2) is 132 Å². The Balaban J connectivity index is 0.00000144. The molecule has 0 unspecified atom stereocenters. The fraction of sp³-hybridized carbons (Fsp3) is 0.171. The van der Waals surface area contributed by atoms with E-state index in [1.165, 1.54) is 16.7 Å². The van der Waals surface area contributed by atoms with Crippen molar-refractivity contribution in [3.05, 3.63) is 258 Å². The summed E-state index contributed by atoms with van der Waals surface area (Å²) in [4.78, 5) is 1.31. The molecule has 0 aliphatic heterocycles. The Labute approximate surface area is 466 Å². The number of ether oxygens (including phenoxy) is 2. The van der Waals surface area contributed by atoms with Crippen molar-refractivity contribution in [3.8, 4) is 82.5 Å². The van der Waals surface area contributed by atoms with Crippen molar-refractivity contribution in [1.82, 2.24) is 0 Å². The summed E-state index contributed by atoms with van der Waals surface area (Å²) in [6.45, 7) is 14.6. The molecule has 0 N–H and O–H groups in total. The molecule has 2 aliphatic carbocycles. The molecule has 10 radical (unpaired) electrons. The Bertz CT molecular complexity index is 3190. The van der Waals surface area contributed by atoms with E-state index < -0.39 is 8.07 Å². The van der Waals surface area contributed by atoms with E-state index in [2.05, 4.69) is 148 Å². The molecule has 0 spiro atoms. The third-order valence-corrected chi connectivity index (χ3v) is 14.3. The molecule has 0 heterocycles. The monoisotopic (exact) mass is 1050 g/mol. The van der Waals surface area contributed by atoms with Crippen molar-refractivity contribution >= 4 is 19.8 Å². The van der Waals surface area contributed by atoms with Crippen molar-refractivity contribution < 1.29 is 26.5 Å². The van der Waals surface area contributed by atoms with E-state index in [1.807, 2.05) is 161 Å². The van der Waals surface area contributed by atoms with Crippen LogP contribution in [0.25, 0.3) is 0 Å². The van der Waals surface area contributed by atoms with Gasteiger partial charge in [0.25, 0.3) is 0 Å². The summed E-state index contributed by atoms with van der Waals surface area (Å²) < 4.78 is 12.5. The Morgan fingerprint density at radius 3 is 1.13 bits per heavy atom. The molecule has 2 nitrogen and oxygen atoms in total. The average molecular weight is 1050 g/mol. The topological polar surface area (TPSA) is 18.5 Å². The second kappa shape index (κ2) is 30.7. The molecule has 5 heteroatoms. The SMILES string of the molecule is CCCOc1cc(C#Cc2ccc(C#Cc3ccc(C#Cc4ccc(SCC[Si](C)(C)C)cc4)cc3C)cc2)c(OCCC)cc1C#Cc1ccc(C#Cc2ccc(C#C[C]3[CH][CH][CH][CH]3)cc2)cc1.[CH]1[CH][CH][CH][CH]1.[Fe+2]. The van der Waals surface area contributed by atoms with Gasteiger partial charge in [0.15, 0.2) is 0 Å². The van der Waals surface area contributed by atoms with E-state index >= 15 is 0 Å². The number of benzene rings is 6. The predicted molar refractivity (Wildman–Crippen MR) is 313 cm³/mol. The third kappa shape index (κ3) is 20.2. The van der Waals surface area contributed by atoms with E-state index in [4.69, 9.17) is 9.47 Å². The summed E-state index contributed by atoms with van der Waals surface area (Å²) in [5.41, 5.74) is 11.0. The summed E-state index contributed by atoms with van der Waals surface area (Å²) in [5, 5.41) is 0. The van der Waals surface area contributed by atoms with E-state index in [-0.39, 0.29) is 17.1 Å². The smallest absolute Gasteiger partial charge is 0.492 e. The minimum absolute atomic E-state index is 0. The number of hydrogen-bond donors (Lipinski definition) is 0. The fourth-order valence-corrected chi connectivity index (χ4v) is 10.4. The molecule has 0 saturated heterocycles. The first kappa shape index (κ1) is 57.6. The first-order valence-electron chi connectivity index (χ1n) is 25.2. The van der Waals surface area contributed by atoms with Crippen LogP contribution in [0, 0.1) is 142 Å². The number of aryl methyl sites for hydroxylation is 1. The summed E-state index contributed by atoms with van der Waals surface area (Å²) in [6.07, 6.45) is 19.7. The maximum Gasteiger partial charge on any atom is 2.00 e. The Hall–Kier alpha value is -6.63. The van der Waals surface area contributed by atoms with Gasteiger partial charge in [0.2, 0.25) is 0 Å². The minimum atomic E-state index is -1.02. The first-order valence-corrected chi connectivity index (χ1v) is 29.9. The third-order valence-electron chi connectivity index (χ3n) is 11.2. The van der Waals surface area contributed by atoms with Crippen LogP contribution in [-0.2, 0) is 17.1 Å². The zero-order chi connectivity index (χ0) is 51.8. The van der Waals surface area contributed by atoms with E-state index in [0.717, 1.165) is 85.5 Å². The van der Waals surface area contributed by atoms with Gasteiger partial charge >= 0.3 is 17.1 Å². The molecule has 0 bridgehead atoms. The number of thioether (sulfide) groups is 1. The molecule has 2 saturated carbocycles. The molecule has 6 aromatic carbocycles. The summed E-state index contributed by atoms with van der Waals surface area (Å²) in [7, 11) is -1.02. The van der Waals surface area contributed by atoms with Crippen LogP contribution < -0.4 is 9.47 Å². The Morgan fingerprint density at radius 1 is 0.400 bits per heavy atom. The Kier molecular flexibility index (Phi) is 23.6. The van der Waals surface area contributed by atoms with Gasteiger partial charge in [-0.15, -0.1) is 11.8 Å². The molecule has 0 amide bonds. The van der Waals surface area contributed by atoms with Gasteiger partial charge in [-0.2, -0.15) is 0 Å². The quantitative estimate of drug-likeness (QED) is 0.0774. The van der Waals surface area contributed by atoms with Crippen LogP contribution in [0.3, 0.4) is 0 Å². The maximum absolute atomic E-state index is 6.23. The average Bonchev–Trinajstić information content (AvgIpc) is 4.19. The number of hydrogen-bond acceptors (Lipinski definition) is 3. The predicted octanol–water partition coefficient (Wildman–Crippen LogP) is 14.8. The van der Waals surface area contributed by atoms with Crippen LogP contribution in [0.1, 0.15) is 93.5 Å².